The third kappa shape index (κ3) is 3.40. The number of esters is 2. The van der Waals surface area contributed by atoms with E-state index in [0.29, 0.717) is 22.3 Å². The van der Waals surface area contributed by atoms with Crippen LogP contribution in [-0.4, -0.2) is 23.5 Å². The minimum absolute atomic E-state index is 0.104. The van der Waals surface area contributed by atoms with E-state index < -0.39 is 17.4 Å². The summed E-state index contributed by atoms with van der Waals surface area (Å²) >= 11 is 0. The van der Waals surface area contributed by atoms with Gasteiger partial charge in [0, 0.05) is 34.1 Å². The van der Waals surface area contributed by atoms with Crippen molar-refractivity contribution in [2.75, 3.05) is 0 Å². The van der Waals surface area contributed by atoms with E-state index in [-0.39, 0.29) is 24.4 Å². The predicted molar refractivity (Wildman–Crippen MR) is 80.9 cm³/mol. The predicted octanol–water partition coefficient (Wildman–Crippen LogP) is 2.69. The van der Waals surface area contributed by atoms with E-state index in [1.165, 1.54) is 0 Å². The second kappa shape index (κ2) is 6.38. The lowest BCUT2D eigenvalue weighted by Gasteiger charge is -2.30. The molecule has 1 aliphatic rings. The number of ketones is 2. The van der Waals surface area contributed by atoms with Crippen LogP contribution < -0.4 is 0 Å². The van der Waals surface area contributed by atoms with E-state index in [0.717, 1.165) is 0 Å². The van der Waals surface area contributed by atoms with Crippen LogP contribution in [0.25, 0.3) is 0 Å². The van der Waals surface area contributed by atoms with Gasteiger partial charge in [0.05, 0.1) is 6.42 Å². The van der Waals surface area contributed by atoms with Crippen LogP contribution in [0.4, 0.5) is 0 Å². The van der Waals surface area contributed by atoms with Crippen LogP contribution in [-0.2, 0) is 23.9 Å². The van der Waals surface area contributed by atoms with Gasteiger partial charge >= 0.3 is 11.9 Å². The van der Waals surface area contributed by atoms with Gasteiger partial charge in [-0.3, -0.25) is 19.2 Å². The van der Waals surface area contributed by atoms with E-state index >= 15 is 0 Å². The molecule has 0 spiro atoms. The average molecular weight is 306 g/mol. The number of carbonyl (C=O) groups excluding carboxylic acids is 4. The number of carbonyl (C=O) groups is 4. The standard InChI is InChI=1S/C17H22O5/c1-7-12(18)22-13(19)8-17(5,6)14-11(4)15(20)9(2)10(3)16(14)21/h7-8H2,1-6H3. The monoisotopic (exact) mass is 306 g/mol. The van der Waals surface area contributed by atoms with Crippen molar-refractivity contribution in [1.82, 2.24) is 0 Å². The van der Waals surface area contributed by atoms with Crippen molar-refractivity contribution >= 4 is 23.5 Å². The third-order valence-electron chi connectivity index (χ3n) is 3.97. The molecule has 0 saturated heterocycles. The molecule has 0 unspecified atom stereocenters. The zero-order chi connectivity index (χ0) is 17.2. The molecule has 22 heavy (non-hydrogen) atoms. The van der Waals surface area contributed by atoms with Gasteiger partial charge in [0.2, 0.25) is 0 Å². The Balaban J connectivity index is 3.12. The highest BCUT2D eigenvalue weighted by Crippen LogP contribution is 2.38. The van der Waals surface area contributed by atoms with Gasteiger partial charge in [-0.2, -0.15) is 0 Å². The Kier molecular flexibility index (Phi) is 5.22. The van der Waals surface area contributed by atoms with Crippen molar-refractivity contribution in [1.29, 1.82) is 0 Å². The van der Waals surface area contributed by atoms with Crippen molar-refractivity contribution in [3.8, 4) is 0 Å². The molecule has 0 amide bonds. The molecule has 1 aliphatic carbocycles. The Morgan fingerprint density at radius 2 is 1.41 bits per heavy atom. The number of hydrogen-bond acceptors (Lipinski definition) is 5. The summed E-state index contributed by atoms with van der Waals surface area (Å²) in [6, 6.07) is 0. The van der Waals surface area contributed by atoms with Crippen LogP contribution in [0.2, 0.25) is 0 Å². The summed E-state index contributed by atoms with van der Waals surface area (Å²) in [6.45, 7) is 9.81. The topological polar surface area (TPSA) is 77.5 Å². The maximum absolute atomic E-state index is 12.5. The molecule has 0 bridgehead atoms. The van der Waals surface area contributed by atoms with Gasteiger partial charge in [-0.1, -0.05) is 20.8 Å². The summed E-state index contributed by atoms with van der Waals surface area (Å²) in [4.78, 5) is 47.7. The average Bonchev–Trinajstić information content (AvgIpc) is 2.41. The maximum atomic E-state index is 12.5. The second-order valence-corrected chi connectivity index (χ2v) is 6.17. The van der Waals surface area contributed by atoms with Gasteiger partial charge in [0.15, 0.2) is 11.6 Å². The summed E-state index contributed by atoms with van der Waals surface area (Å²) in [5, 5.41) is 0. The van der Waals surface area contributed by atoms with Gasteiger partial charge in [-0.25, -0.2) is 0 Å². The first kappa shape index (κ1) is 18.0. The van der Waals surface area contributed by atoms with Crippen LogP contribution in [0.15, 0.2) is 22.3 Å². The number of hydrogen-bond donors (Lipinski definition) is 0. The molecule has 0 aromatic heterocycles. The van der Waals surface area contributed by atoms with E-state index in [4.69, 9.17) is 0 Å². The first-order valence-electron chi connectivity index (χ1n) is 7.24. The Labute approximate surface area is 130 Å². The molecule has 0 atom stereocenters. The van der Waals surface area contributed by atoms with Crippen LogP contribution >= 0.6 is 0 Å². The zero-order valence-corrected chi connectivity index (χ0v) is 14.0. The molecule has 5 nitrogen and oxygen atoms in total. The van der Waals surface area contributed by atoms with Crippen molar-refractivity contribution in [2.45, 2.75) is 54.4 Å². The summed E-state index contributed by atoms with van der Waals surface area (Å²) in [6.07, 6.45) is -0.0386. The molecule has 0 fully saturated rings. The van der Waals surface area contributed by atoms with Crippen molar-refractivity contribution in [3.63, 3.8) is 0 Å². The molecular formula is C17H22O5. The molecule has 0 radical (unpaired) electrons. The summed E-state index contributed by atoms with van der Waals surface area (Å²) < 4.78 is 4.66. The van der Waals surface area contributed by atoms with Gasteiger partial charge in [0.25, 0.3) is 0 Å². The highest BCUT2D eigenvalue weighted by Gasteiger charge is 2.38. The highest BCUT2D eigenvalue weighted by atomic mass is 16.6. The lowest BCUT2D eigenvalue weighted by Crippen LogP contribution is -2.32. The second-order valence-electron chi connectivity index (χ2n) is 6.17. The minimum Gasteiger partial charge on any atom is -0.393 e. The largest absolute Gasteiger partial charge is 0.393 e. The van der Waals surface area contributed by atoms with Crippen LogP contribution in [0.3, 0.4) is 0 Å². The van der Waals surface area contributed by atoms with Gasteiger partial charge < -0.3 is 4.74 Å². The highest BCUT2D eigenvalue weighted by molar-refractivity contribution is 6.25. The smallest absolute Gasteiger partial charge is 0.314 e. The Morgan fingerprint density at radius 1 is 0.909 bits per heavy atom. The fourth-order valence-corrected chi connectivity index (χ4v) is 2.59. The summed E-state index contributed by atoms with van der Waals surface area (Å²) in [5.41, 5.74) is 0.626. The lowest BCUT2D eigenvalue weighted by atomic mass is 9.71. The molecule has 0 heterocycles. The molecule has 0 aromatic carbocycles. The van der Waals surface area contributed by atoms with Crippen molar-refractivity contribution in [3.05, 3.63) is 22.3 Å². The van der Waals surface area contributed by atoms with E-state index in [2.05, 4.69) is 4.74 Å². The molecule has 5 heteroatoms. The van der Waals surface area contributed by atoms with Crippen LogP contribution in [0, 0.1) is 5.41 Å². The van der Waals surface area contributed by atoms with Gasteiger partial charge in [0.1, 0.15) is 0 Å². The first-order valence-corrected chi connectivity index (χ1v) is 7.24. The van der Waals surface area contributed by atoms with E-state index in [1.807, 2.05) is 0 Å². The van der Waals surface area contributed by atoms with Crippen LogP contribution in [0.5, 0.6) is 0 Å². The van der Waals surface area contributed by atoms with Crippen molar-refractivity contribution in [2.24, 2.45) is 5.41 Å². The third-order valence-corrected chi connectivity index (χ3v) is 3.97. The molecule has 120 valence electrons. The Hall–Kier alpha value is -2.04. The van der Waals surface area contributed by atoms with E-state index in [1.54, 1.807) is 41.5 Å². The van der Waals surface area contributed by atoms with Crippen LogP contribution in [0.1, 0.15) is 54.4 Å². The SMILES string of the molecule is CCC(=O)OC(=O)CC(C)(C)C1=C(C)C(=O)C(C)=C(C)C1=O. The molecular weight excluding hydrogens is 284 g/mol. The van der Waals surface area contributed by atoms with Gasteiger partial charge in [-0.05, 0) is 20.8 Å². The maximum Gasteiger partial charge on any atom is 0.314 e. The van der Waals surface area contributed by atoms with E-state index in [9.17, 15) is 19.2 Å². The quantitative estimate of drug-likeness (QED) is 0.453. The summed E-state index contributed by atoms with van der Waals surface area (Å²) in [7, 11) is 0. The molecule has 0 aromatic rings. The Bertz CT molecular complexity index is 617. The molecule has 0 saturated carbocycles. The number of ether oxygens (including phenoxy) is 1. The number of Topliss-reactive ketones (excluding diaryl/α,β-unsaturated/α-hetero) is 2. The number of allylic oxidation sites excluding steroid dienone is 4. The molecule has 0 aliphatic heterocycles. The van der Waals surface area contributed by atoms with Gasteiger partial charge in [-0.15, -0.1) is 0 Å². The summed E-state index contributed by atoms with van der Waals surface area (Å²) in [5.74, 6) is -1.71. The lowest BCUT2D eigenvalue weighted by molar-refractivity contribution is -0.160. The zero-order valence-electron chi connectivity index (χ0n) is 14.0. The number of rotatable bonds is 4. The first-order chi connectivity index (χ1) is 10.0. The fourth-order valence-electron chi connectivity index (χ4n) is 2.59. The van der Waals surface area contributed by atoms with Crippen molar-refractivity contribution < 1.29 is 23.9 Å². The fraction of sp³-hybridized carbons (Fsp3) is 0.529. The minimum atomic E-state index is -0.885. The Morgan fingerprint density at radius 3 is 1.91 bits per heavy atom. The molecule has 0 N–H and O–H groups in total. The molecule has 1 rings (SSSR count). The normalized spacial score (nSPS) is 16.3.